The predicted molar refractivity (Wildman–Crippen MR) is 66.4 cm³/mol. The van der Waals surface area contributed by atoms with E-state index in [9.17, 15) is 5.11 Å². The van der Waals surface area contributed by atoms with Gasteiger partial charge in [0.05, 0.1) is 5.60 Å². The molecule has 2 nitrogen and oxygen atoms in total. The van der Waals surface area contributed by atoms with Crippen LogP contribution >= 0.6 is 11.8 Å². The van der Waals surface area contributed by atoms with E-state index < -0.39 is 0 Å². The fourth-order valence-electron chi connectivity index (χ4n) is 2.82. The summed E-state index contributed by atoms with van der Waals surface area (Å²) in [5.41, 5.74) is -0.361. The van der Waals surface area contributed by atoms with Gasteiger partial charge in [-0.15, -0.1) is 0 Å². The molecule has 1 aliphatic heterocycles. The zero-order chi connectivity index (χ0) is 10.7. The number of aliphatic hydroxyl groups is 1. The van der Waals surface area contributed by atoms with Crippen LogP contribution in [0.5, 0.6) is 0 Å². The monoisotopic (exact) mass is 229 g/mol. The molecule has 0 aromatic heterocycles. The maximum atomic E-state index is 10.5. The number of thioether (sulfide) groups is 1. The SMILES string of the molecule is CC1CN(CC2(O)CCCCC2)CCS1. The number of rotatable bonds is 2. The van der Waals surface area contributed by atoms with Crippen LogP contribution in [0.3, 0.4) is 0 Å². The molecule has 0 spiro atoms. The molecule has 2 rings (SSSR count). The zero-order valence-corrected chi connectivity index (χ0v) is 10.6. The Morgan fingerprint density at radius 3 is 2.73 bits per heavy atom. The molecule has 1 saturated carbocycles. The highest BCUT2D eigenvalue weighted by molar-refractivity contribution is 7.99. The van der Waals surface area contributed by atoms with Crippen molar-refractivity contribution in [2.75, 3.05) is 25.4 Å². The lowest BCUT2D eigenvalue weighted by Gasteiger charge is -2.39. The van der Waals surface area contributed by atoms with Crippen LogP contribution in [0.1, 0.15) is 39.0 Å². The summed E-state index contributed by atoms with van der Waals surface area (Å²) < 4.78 is 0. The van der Waals surface area contributed by atoms with Crippen LogP contribution in [0.2, 0.25) is 0 Å². The maximum Gasteiger partial charge on any atom is 0.0774 e. The Morgan fingerprint density at radius 1 is 1.33 bits per heavy atom. The molecule has 88 valence electrons. The van der Waals surface area contributed by atoms with Gasteiger partial charge >= 0.3 is 0 Å². The first-order valence-electron chi connectivity index (χ1n) is 6.24. The summed E-state index contributed by atoms with van der Waals surface area (Å²) in [6.07, 6.45) is 5.79. The van der Waals surface area contributed by atoms with Gasteiger partial charge in [-0.25, -0.2) is 0 Å². The Kier molecular flexibility index (Phi) is 3.97. The second-order valence-electron chi connectivity index (χ2n) is 5.20. The Balaban J connectivity index is 1.83. The Morgan fingerprint density at radius 2 is 2.07 bits per heavy atom. The van der Waals surface area contributed by atoms with Crippen molar-refractivity contribution >= 4 is 11.8 Å². The van der Waals surface area contributed by atoms with Crippen molar-refractivity contribution in [2.24, 2.45) is 0 Å². The second-order valence-corrected chi connectivity index (χ2v) is 6.75. The molecule has 0 amide bonds. The summed E-state index contributed by atoms with van der Waals surface area (Å²) in [5.74, 6) is 1.23. The van der Waals surface area contributed by atoms with Crippen LogP contribution in [-0.4, -0.2) is 46.2 Å². The third-order valence-electron chi connectivity index (χ3n) is 3.63. The summed E-state index contributed by atoms with van der Waals surface area (Å²) in [6, 6.07) is 0. The summed E-state index contributed by atoms with van der Waals surface area (Å²) in [7, 11) is 0. The van der Waals surface area contributed by atoms with Crippen LogP contribution in [0, 0.1) is 0 Å². The van der Waals surface area contributed by atoms with Crippen molar-refractivity contribution in [1.29, 1.82) is 0 Å². The topological polar surface area (TPSA) is 23.5 Å². The second kappa shape index (κ2) is 5.07. The number of hydrogen-bond acceptors (Lipinski definition) is 3. The molecule has 1 atom stereocenters. The lowest BCUT2D eigenvalue weighted by atomic mass is 9.84. The van der Waals surface area contributed by atoms with Gasteiger partial charge in [0.1, 0.15) is 0 Å². The van der Waals surface area contributed by atoms with Gasteiger partial charge in [-0.2, -0.15) is 11.8 Å². The minimum atomic E-state index is -0.361. The van der Waals surface area contributed by atoms with Gasteiger partial charge in [-0.05, 0) is 12.8 Å². The fourth-order valence-corrected chi connectivity index (χ4v) is 3.90. The first-order valence-corrected chi connectivity index (χ1v) is 7.29. The largest absolute Gasteiger partial charge is 0.389 e. The quantitative estimate of drug-likeness (QED) is 0.784. The smallest absolute Gasteiger partial charge is 0.0774 e. The first-order chi connectivity index (χ1) is 7.18. The molecule has 0 aromatic carbocycles. The summed E-state index contributed by atoms with van der Waals surface area (Å²) >= 11 is 2.06. The predicted octanol–water partition coefficient (Wildman–Crippen LogP) is 2.12. The highest BCUT2D eigenvalue weighted by Gasteiger charge is 2.32. The highest BCUT2D eigenvalue weighted by Crippen LogP contribution is 2.30. The lowest BCUT2D eigenvalue weighted by molar-refractivity contribution is -0.0252. The normalized spacial score (nSPS) is 32.8. The van der Waals surface area contributed by atoms with Gasteiger partial charge in [0.25, 0.3) is 0 Å². The minimum Gasteiger partial charge on any atom is -0.389 e. The average molecular weight is 229 g/mol. The number of hydrogen-bond donors (Lipinski definition) is 1. The van der Waals surface area contributed by atoms with Crippen LogP contribution < -0.4 is 0 Å². The van der Waals surface area contributed by atoms with Gasteiger partial charge in [0, 0.05) is 30.6 Å². The average Bonchev–Trinajstić information content (AvgIpc) is 2.18. The van der Waals surface area contributed by atoms with E-state index in [1.165, 1.54) is 25.0 Å². The molecule has 1 aliphatic carbocycles. The highest BCUT2D eigenvalue weighted by atomic mass is 32.2. The minimum absolute atomic E-state index is 0.361. The van der Waals surface area contributed by atoms with Crippen LogP contribution in [0.25, 0.3) is 0 Å². The van der Waals surface area contributed by atoms with Gasteiger partial charge in [-0.1, -0.05) is 26.2 Å². The van der Waals surface area contributed by atoms with E-state index >= 15 is 0 Å². The van der Waals surface area contributed by atoms with E-state index in [1.54, 1.807) is 0 Å². The van der Waals surface area contributed by atoms with E-state index in [-0.39, 0.29) is 5.60 Å². The molecule has 0 bridgehead atoms. The van der Waals surface area contributed by atoms with E-state index in [2.05, 4.69) is 23.6 Å². The molecule has 1 saturated heterocycles. The van der Waals surface area contributed by atoms with Crippen molar-refractivity contribution in [1.82, 2.24) is 4.90 Å². The molecule has 1 unspecified atom stereocenters. The molecule has 3 heteroatoms. The lowest BCUT2D eigenvalue weighted by Crippen LogP contribution is -2.48. The van der Waals surface area contributed by atoms with Crippen LogP contribution in [0.15, 0.2) is 0 Å². The van der Waals surface area contributed by atoms with Gasteiger partial charge < -0.3 is 5.11 Å². The summed E-state index contributed by atoms with van der Waals surface area (Å²) in [5, 5.41) is 11.2. The summed E-state index contributed by atoms with van der Waals surface area (Å²) in [4.78, 5) is 2.46. The van der Waals surface area contributed by atoms with E-state index in [1.807, 2.05) is 0 Å². The fraction of sp³-hybridized carbons (Fsp3) is 1.00. The Hall–Kier alpha value is 0.270. The summed E-state index contributed by atoms with van der Waals surface area (Å²) in [6.45, 7) is 5.53. The molecule has 15 heavy (non-hydrogen) atoms. The van der Waals surface area contributed by atoms with Gasteiger partial charge in [0.2, 0.25) is 0 Å². The zero-order valence-electron chi connectivity index (χ0n) is 9.74. The molecule has 1 heterocycles. The van der Waals surface area contributed by atoms with Crippen LogP contribution in [0.4, 0.5) is 0 Å². The molecule has 2 aliphatic rings. The molecular formula is C12H23NOS. The third-order valence-corrected chi connectivity index (χ3v) is 4.76. The van der Waals surface area contributed by atoms with Crippen molar-refractivity contribution in [3.05, 3.63) is 0 Å². The van der Waals surface area contributed by atoms with Gasteiger partial charge in [0.15, 0.2) is 0 Å². The van der Waals surface area contributed by atoms with Crippen molar-refractivity contribution in [3.63, 3.8) is 0 Å². The Labute approximate surface area is 97.4 Å². The molecule has 2 fully saturated rings. The van der Waals surface area contributed by atoms with Gasteiger partial charge in [-0.3, -0.25) is 4.90 Å². The number of β-amino-alcohol motifs (C(OH)–C–C–N with tert-alkyl or cyclic N) is 1. The Bertz CT molecular complexity index is 204. The van der Waals surface area contributed by atoms with Crippen molar-refractivity contribution < 1.29 is 5.11 Å². The third kappa shape index (κ3) is 3.36. The first kappa shape index (κ1) is 11.7. The van der Waals surface area contributed by atoms with E-state index in [4.69, 9.17) is 0 Å². The van der Waals surface area contributed by atoms with Crippen molar-refractivity contribution in [2.45, 2.75) is 49.9 Å². The van der Waals surface area contributed by atoms with E-state index in [0.29, 0.717) is 0 Å². The molecule has 1 N–H and O–H groups in total. The number of nitrogens with zero attached hydrogens (tertiary/aromatic N) is 1. The molecular weight excluding hydrogens is 206 g/mol. The molecule has 0 radical (unpaired) electrons. The van der Waals surface area contributed by atoms with Crippen molar-refractivity contribution in [3.8, 4) is 0 Å². The standard InChI is InChI=1S/C12H23NOS/c1-11-9-13(7-8-15-11)10-12(14)5-3-2-4-6-12/h11,14H,2-10H2,1H3. The molecule has 0 aromatic rings. The van der Waals surface area contributed by atoms with E-state index in [0.717, 1.165) is 37.7 Å². The maximum absolute atomic E-state index is 10.5. The van der Waals surface area contributed by atoms with Crippen LogP contribution in [-0.2, 0) is 0 Å².